The second-order valence-corrected chi connectivity index (χ2v) is 5.76. The highest BCUT2D eigenvalue weighted by Gasteiger charge is 2.06. The van der Waals surface area contributed by atoms with Crippen molar-refractivity contribution in [2.24, 2.45) is 0 Å². The van der Waals surface area contributed by atoms with Crippen LogP contribution in [-0.4, -0.2) is 26.5 Å². The first-order valence-corrected chi connectivity index (χ1v) is 7.66. The Kier molecular flexibility index (Phi) is 5.62. The Hall–Kier alpha value is -2.25. The highest BCUT2D eigenvalue weighted by molar-refractivity contribution is 9.10. The van der Waals surface area contributed by atoms with Crippen LogP contribution in [0, 0.1) is 11.8 Å². The molecule has 0 aliphatic rings. The van der Waals surface area contributed by atoms with Crippen molar-refractivity contribution in [3.05, 3.63) is 64.1 Å². The summed E-state index contributed by atoms with van der Waals surface area (Å²) in [7, 11) is 4.00. The Balaban J connectivity index is 1.92. The minimum atomic E-state index is -0.135. The van der Waals surface area contributed by atoms with Crippen LogP contribution >= 0.6 is 15.9 Å². The highest BCUT2D eigenvalue weighted by Crippen LogP contribution is 2.15. The number of rotatable bonds is 3. The van der Waals surface area contributed by atoms with E-state index in [1.807, 2.05) is 61.5 Å². The van der Waals surface area contributed by atoms with Gasteiger partial charge in [-0.05, 0) is 52.3 Å². The van der Waals surface area contributed by atoms with Crippen molar-refractivity contribution in [1.82, 2.24) is 5.32 Å². The van der Waals surface area contributed by atoms with Crippen LogP contribution in [0.25, 0.3) is 0 Å². The number of amides is 1. The zero-order valence-electron chi connectivity index (χ0n) is 12.6. The van der Waals surface area contributed by atoms with Gasteiger partial charge in [-0.1, -0.05) is 24.0 Å². The van der Waals surface area contributed by atoms with Gasteiger partial charge in [-0.25, -0.2) is 0 Å². The molecule has 0 spiro atoms. The van der Waals surface area contributed by atoms with E-state index in [9.17, 15) is 4.79 Å². The third kappa shape index (κ3) is 4.37. The molecule has 4 heteroatoms. The fourth-order valence-electron chi connectivity index (χ4n) is 1.85. The lowest BCUT2D eigenvalue weighted by atomic mass is 10.2. The summed E-state index contributed by atoms with van der Waals surface area (Å²) < 4.78 is 0.778. The molecule has 112 valence electrons. The van der Waals surface area contributed by atoms with Crippen LogP contribution < -0.4 is 10.2 Å². The molecule has 1 N–H and O–H groups in total. The van der Waals surface area contributed by atoms with Gasteiger partial charge in [-0.15, -0.1) is 0 Å². The van der Waals surface area contributed by atoms with E-state index in [-0.39, 0.29) is 5.91 Å². The van der Waals surface area contributed by atoms with Crippen molar-refractivity contribution in [2.75, 3.05) is 25.5 Å². The SMILES string of the molecule is CN(C)c1ccc(C#CCNC(=O)c2ccccc2Br)cc1. The highest BCUT2D eigenvalue weighted by atomic mass is 79.9. The second kappa shape index (κ2) is 7.67. The van der Waals surface area contributed by atoms with E-state index >= 15 is 0 Å². The van der Waals surface area contributed by atoms with Crippen LogP contribution in [0.3, 0.4) is 0 Å². The van der Waals surface area contributed by atoms with Gasteiger partial charge in [0.05, 0.1) is 12.1 Å². The van der Waals surface area contributed by atoms with Crippen molar-refractivity contribution in [1.29, 1.82) is 0 Å². The molecule has 2 aromatic carbocycles. The number of carbonyl (C=O) groups excluding carboxylic acids is 1. The molecule has 0 saturated heterocycles. The Labute approximate surface area is 139 Å². The van der Waals surface area contributed by atoms with E-state index in [1.165, 1.54) is 0 Å². The molecule has 2 rings (SSSR count). The van der Waals surface area contributed by atoms with E-state index in [1.54, 1.807) is 6.07 Å². The van der Waals surface area contributed by atoms with Gasteiger partial charge < -0.3 is 10.2 Å². The predicted octanol–water partition coefficient (Wildman–Crippen LogP) is 3.30. The Morgan fingerprint density at radius 1 is 1.14 bits per heavy atom. The number of anilines is 1. The van der Waals surface area contributed by atoms with Gasteiger partial charge >= 0.3 is 0 Å². The topological polar surface area (TPSA) is 32.3 Å². The molecule has 0 aliphatic heterocycles. The van der Waals surface area contributed by atoms with Gasteiger partial charge in [0.2, 0.25) is 0 Å². The Bertz CT molecular complexity index is 712. The Morgan fingerprint density at radius 2 is 1.82 bits per heavy atom. The maximum atomic E-state index is 12.0. The minimum absolute atomic E-state index is 0.135. The number of nitrogens with one attached hydrogen (secondary N) is 1. The lowest BCUT2D eigenvalue weighted by Crippen LogP contribution is -2.23. The van der Waals surface area contributed by atoms with Crippen LogP contribution in [0.2, 0.25) is 0 Å². The minimum Gasteiger partial charge on any atom is -0.378 e. The van der Waals surface area contributed by atoms with Crippen LogP contribution in [0.15, 0.2) is 53.0 Å². The molecular formula is C18H17BrN2O. The standard InChI is InChI=1S/C18H17BrN2O/c1-21(2)15-11-9-14(10-12-15)6-5-13-20-18(22)16-7-3-4-8-17(16)19/h3-4,7-12H,13H2,1-2H3,(H,20,22). The quantitative estimate of drug-likeness (QED) is 0.855. The van der Waals surface area contributed by atoms with Crippen molar-refractivity contribution >= 4 is 27.5 Å². The Morgan fingerprint density at radius 3 is 2.45 bits per heavy atom. The fraction of sp³-hybridized carbons (Fsp3) is 0.167. The molecule has 0 bridgehead atoms. The molecule has 0 fully saturated rings. The molecule has 0 unspecified atom stereocenters. The number of nitrogens with zero attached hydrogens (tertiary/aromatic N) is 1. The van der Waals surface area contributed by atoms with E-state index < -0.39 is 0 Å². The lowest BCUT2D eigenvalue weighted by molar-refractivity contribution is 0.0958. The van der Waals surface area contributed by atoms with Crippen LogP contribution in [0.1, 0.15) is 15.9 Å². The van der Waals surface area contributed by atoms with Crippen LogP contribution in [0.5, 0.6) is 0 Å². The van der Waals surface area contributed by atoms with Crippen molar-refractivity contribution in [2.45, 2.75) is 0 Å². The van der Waals surface area contributed by atoms with Gasteiger partial charge in [0, 0.05) is 29.8 Å². The molecular weight excluding hydrogens is 340 g/mol. The van der Waals surface area contributed by atoms with E-state index in [0.717, 1.165) is 15.7 Å². The largest absolute Gasteiger partial charge is 0.378 e. The summed E-state index contributed by atoms with van der Waals surface area (Å²) >= 11 is 3.36. The van der Waals surface area contributed by atoms with Gasteiger partial charge in [-0.2, -0.15) is 0 Å². The normalized spacial score (nSPS) is 9.59. The summed E-state index contributed by atoms with van der Waals surface area (Å²) in [6.07, 6.45) is 0. The van der Waals surface area contributed by atoms with Gasteiger partial charge in [0.1, 0.15) is 0 Å². The van der Waals surface area contributed by atoms with Crippen LogP contribution in [-0.2, 0) is 0 Å². The molecule has 2 aromatic rings. The van der Waals surface area contributed by atoms with Gasteiger partial charge in [0.25, 0.3) is 5.91 Å². The number of carbonyl (C=O) groups is 1. The summed E-state index contributed by atoms with van der Waals surface area (Å²) in [6, 6.07) is 15.3. The summed E-state index contributed by atoms with van der Waals surface area (Å²) in [6.45, 7) is 0.315. The van der Waals surface area contributed by atoms with Crippen molar-refractivity contribution in [3.8, 4) is 11.8 Å². The molecule has 0 radical (unpaired) electrons. The molecule has 3 nitrogen and oxygen atoms in total. The zero-order chi connectivity index (χ0) is 15.9. The zero-order valence-corrected chi connectivity index (χ0v) is 14.1. The van der Waals surface area contributed by atoms with Gasteiger partial charge in [0.15, 0.2) is 0 Å². The van der Waals surface area contributed by atoms with Crippen molar-refractivity contribution < 1.29 is 4.79 Å². The lowest BCUT2D eigenvalue weighted by Gasteiger charge is -2.11. The molecule has 0 atom stereocenters. The maximum Gasteiger partial charge on any atom is 0.253 e. The number of halogens is 1. The second-order valence-electron chi connectivity index (χ2n) is 4.91. The number of benzene rings is 2. The first-order valence-electron chi connectivity index (χ1n) is 6.87. The van der Waals surface area contributed by atoms with E-state index in [2.05, 4.69) is 33.1 Å². The fourth-order valence-corrected chi connectivity index (χ4v) is 2.32. The van der Waals surface area contributed by atoms with E-state index in [4.69, 9.17) is 0 Å². The average molecular weight is 357 g/mol. The summed E-state index contributed by atoms with van der Waals surface area (Å²) in [5, 5.41) is 2.79. The first kappa shape index (κ1) is 16.1. The molecule has 22 heavy (non-hydrogen) atoms. The third-order valence-electron chi connectivity index (χ3n) is 3.07. The summed E-state index contributed by atoms with van der Waals surface area (Å²) in [4.78, 5) is 14.0. The number of hydrogen-bond donors (Lipinski definition) is 1. The number of hydrogen-bond acceptors (Lipinski definition) is 2. The third-order valence-corrected chi connectivity index (χ3v) is 3.76. The molecule has 0 heterocycles. The van der Waals surface area contributed by atoms with Gasteiger partial charge in [-0.3, -0.25) is 4.79 Å². The van der Waals surface area contributed by atoms with E-state index in [0.29, 0.717) is 12.1 Å². The molecule has 0 saturated carbocycles. The molecule has 0 aliphatic carbocycles. The summed E-state index contributed by atoms with van der Waals surface area (Å²) in [5.41, 5.74) is 2.67. The summed E-state index contributed by atoms with van der Waals surface area (Å²) in [5.74, 6) is 5.86. The van der Waals surface area contributed by atoms with Crippen molar-refractivity contribution in [3.63, 3.8) is 0 Å². The maximum absolute atomic E-state index is 12.0. The first-order chi connectivity index (χ1) is 10.6. The monoisotopic (exact) mass is 356 g/mol. The smallest absolute Gasteiger partial charge is 0.253 e. The van der Waals surface area contributed by atoms with Crippen LogP contribution in [0.4, 0.5) is 5.69 Å². The molecule has 0 aromatic heterocycles. The predicted molar refractivity (Wildman–Crippen MR) is 94.1 cm³/mol. The average Bonchev–Trinajstić information content (AvgIpc) is 2.52. The molecule has 1 amide bonds.